The first-order valence-corrected chi connectivity index (χ1v) is 12.5. The largest absolute Gasteiger partial charge is 0.306 e. The minimum absolute atomic E-state index is 0.0580. The highest BCUT2D eigenvalue weighted by Gasteiger charge is 2.45. The number of imidazole rings is 1. The predicted molar refractivity (Wildman–Crippen MR) is 136 cm³/mol. The number of piperidine rings is 1. The van der Waals surface area contributed by atoms with Gasteiger partial charge in [0.25, 0.3) is 0 Å². The molecule has 5 rings (SSSR count). The van der Waals surface area contributed by atoms with Gasteiger partial charge in [-0.2, -0.15) is 0 Å². The third kappa shape index (κ3) is 4.41. The van der Waals surface area contributed by atoms with E-state index in [-0.39, 0.29) is 5.91 Å². The standard InChI is InChI=1S/C27H29N5OS/c1-21-19-34-26(29-21)27(32(22(2)33)25-6-4-3-5-7-25)12-15-30(16-13-27)18-23-8-10-24(11-9-23)31-17-14-28-20-31/h3-11,14,17,19-20H,12-13,15-16,18H2,1-2H3. The molecule has 1 aliphatic heterocycles. The van der Waals surface area contributed by atoms with Gasteiger partial charge in [0.2, 0.25) is 5.91 Å². The highest BCUT2D eigenvalue weighted by atomic mass is 32.1. The third-order valence-electron chi connectivity index (χ3n) is 6.60. The molecule has 6 nitrogen and oxygen atoms in total. The summed E-state index contributed by atoms with van der Waals surface area (Å²) < 4.78 is 2.01. The predicted octanol–water partition coefficient (Wildman–Crippen LogP) is 5.18. The molecule has 1 amide bonds. The van der Waals surface area contributed by atoms with E-state index in [0.717, 1.165) is 54.6 Å². The maximum atomic E-state index is 13.0. The molecule has 3 heterocycles. The molecule has 4 aromatic rings. The summed E-state index contributed by atoms with van der Waals surface area (Å²) in [6.07, 6.45) is 7.25. The lowest BCUT2D eigenvalue weighted by Gasteiger charge is -2.47. The number of thiazole rings is 1. The SMILES string of the molecule is CC(=O)N(c1ccccc1)C1(c2nc(C)cs2)CCN(Cc2ccc(-n3ccnc3)cc2)CC1. The molecule has 0 unspecified atom stereocenters. The second-order valence-electron chi connectivity index (χ2n) is 8.93. The summed E-state index contributed by atoms with van der Waals surface area (Å²) in [4.78, 5) is 26.5. The van der Waals surface area contributed by atoms with E-state index in [4.69, 9.17) is 4.98 Å². The average Bonchev–Trinajstić information content (AvgIpc) is 3.54. The first-order chi connectivity index (χ1) is 16.5. The van der Waals surface area contributed by atoms with Crippen LogP contribution < -0.4 is 4.90 Å². The van der Waals surface area contributed by atoms with Crippen molar-refractivity contribution in [1.82, 2.24) is 19.4 Å². The number of para-hydroxylation sites is 1. The fraction of sp³-hybridized carbons (Fsp3) is 0.296. The minimum Gasteiger partial charge on any atom is -0.306 e. The van der Waals surface area contributed by atoms with Crippen molar-refractivity contribution in [2.24, 2.45) is 0 Å². The Labute approximate surface area is 204 Å². The van der Waals surface area contributed by atoms with Crippen molar-refractivity contribution in [3.8, 4) is 5.69 Å². The van der Waals surface area contributed by atoms with E-state index in [2.05, 4.69) is 39.5 Å². The molecule has 34 heavy (non-hydrogen) atoms. The molecule has 1 saturated heterocycles. The minimum atomic E-state index is -0.423. The molecule has 1 fully saturated rings. The highest BCUT2D eigenvalue weighted by Crippen LogP contribution is 2.43. The van der Waals surface area contributed by atoms with Crippen LogP contribution in [0.15, 0.2) is 78.7 Å². The van der Waals surface area contributed by atoms with Crippen molar-refractivity contribution in [1.29, 1.82) is 0 Å². The van der Waals surface area contributed by atoms with Gasteiger partial charge in [0.1, 0.15) is 10.5 Å². The van der Waals surface area contributed by atoms with Gasteiger partial charge in [-0.25, -0.2) is 9.97 Å². The van der Waals surface area contributed by atoms with Gasteiger partial charge in [-0.15, -0.1) is 11.3 Å². The summed E-state index contributed by atoms with van der Waals surface area (Å²) in [5.41, 5.74) is 3.92. The van der Waals surface area contributed by atoms with Gasteiger partial charge in [0.15, 0.2) is 0 Å². The number of benzene rings is 2. The van der Waals surface area contributed by atoms with Crippen molar-refractivity contribution in [2.75, 3.05) is 18.0 Å². The van der Waals surface area contributed by atoms with E-state index in [1.165, 1.54) is 5.56 Å². The summed E-state index contributed by atoms with van der Waals surface area (Å²) in [6, 6.07) is 18.7. The topological polar surface area (TPSA) is 54.3 Å². The number of amides is 1. The molecule has 174 valence electrons. The van der Waals surface area contributed by atoms with Crippen molar-refractivity contribution in [3.63, 3.8) is 0 Å². The monoisotopic (exact) mass is 471 g/mol. The average molecular weight is 472 g/mol. The van der Waals surface area contributed by atoms with Crippen LogP contribution in [0, 0.1) is 6.92 Å². The quantitative estimate of drug-likeness (QED) is 0.389. The normalized spacial score (nSPS) is 15.8. The Balaban J connectivity index is 1.37. The molecule has 2 aromatic carbocycles. The number of nitrogens with zero attached hydrogens (tertiary/aromatic N) is 5. The van der Waals surface area contributed by atoms with E-state index in [9.17, 15) is 4.79 Å². The van der Waals surface area contributed by atoms with Gasteiger partial charge in [0, 0.05) is 61.4 Å². The fourth-order valence-corrected chi connectivity index (χ4v) is 5.98. The fourth-order valence-electron chi connectivity index (χ4n) is 4.93. The van der Waals surface area contributed by atoms with Gasteiger partial charge < -0.3 is 4.57 Å². The molecule has 0 spiro atoms. The third-order valence-corrected chi connectivity index (χ3v) is 7.76. The summed E-state index contributed by atoms with van der Waals surface area (Å²) in [7, 11) is 0. The molecule has 0 atom stereocenters. The Morgan fingerprint density at radius 3 is 2.41 bits per heavy atom. The van der Waals surface area contributed by atoms with E-state index in [1.54, 1.807) is 24.5 Å². The van der Waals surface area contributed by atoms with Crippen molar-refractivity contribution in [2.45, 2.75) is 38.8 Å². The van der Waals surface area contributed by atoms with Crippen LogP contribution in [0.4, 0.5) is 5.69 Å². The Morgan fingerprint density at radius 1 is 1.09 bits per heavy atom. The number of likely N-dealkylation sites (tertiary alicyclic amines) is 1. The number of anilines is 1. The van der Waals surface area contributed by atoms with Crippen LogP contribution in [0.3, 0.4) is 0 Å². The first-order valence-electron chi connectivity index (χ1n) is 11.6. The lowest BCUT2D eigenvalue weighted by molar-refractivity contribution is -0.118. The summed E-state index contributed by atoms with van der Waals surface area (Å²) in [5, 5.41) is 3.13. The lowest BCUT2D eigenvalue weighted by atomic mass is 9.85. The summed E-state index contributed by atoms with van der Waals surface area (Å²) in [6.45, 7) is 6.39. The molecule has 0 bridgehead atoms. The molecular formula is C27H29N5OS. The number of carbonyl (C=O) groups is 1. The number of carbonyl (C=O) groups excluding carboxylic acids is 1. The Hall–Kier alpha value is -3.29. The van der Waals surface area contributed by atoms with Crippen LogP contribution in [0.5, 0.6) is 0 Å². The number of hydrogen-bond donors (Lipinski definition) is 0. The maximum absolute atomic E-state index is 13.0. The summed E-state index contributed by atoms with van der Waals surface area (Å²) in [5.74, 6) is 0.0580. The zero-order chi connectivity index (χ0) is 23.5. The summed E-state index contributed by atoms with van der Waals surface area (Å²) >= 11 is 1.67. The Bertz CT molecular complexity index is 1230. The van der Waals surface area contributed by atoms with E-state index in [0.29, 0.717) is 0 Å². The van der Waals surface area contributed by atoms with Crippen LogP contribution in [-0.2, 0) is 16.9 Å². The maximum Gasteiger partial charge on any atom is 0.224 e. The van der Waals surface area contributed by atoms with Gasteiger partial charge >= 0.3 is 0 Å². The molecule has 0 radical (unpaired) electrons. The molecule has 2 aromatic heterocycles. The van der Waals surface area contributed by atoms with Crippen LogP contribution in [0.1, 0.15) is 36.0 Å². The van der Waals surface area contributed by atoms with Crippen molar-refractivity contribution >= 4 is 22.9 Å². The number of hydrogen-bond acceptors (Lipinski definition) is 5. The van der Waals surface area contributed by atoms with Gasteiger partial charge in [-0.3, -0.25) is 14.6 Å². The van der Waals surface area contributed by atoms with E-state index < -0.39 is 5.54 Å². The van der Waals surface area contributed by atoms with Crippen LogP contribution in [0.25, 0.3) is 5.69 Å². The Kier molecular flexibility index (Phi) is 6.30. The molecule has 7 heteroatoms. The van der Waals surface area contributed by atoms with Crippen molar-refractivity contribution in [3.05, 3.63) is 95.0 Å². The molecular weight excluding hydrogens is 442 g/mol. The number of aryl methyl sites for hydroxylation is 1. The van der Waals surface area contributed by atoms with Crippen molar-refractivity contribution < 1.29 is 4.79 Å². The molecule has 0 N–H and O–H groups in total. The van der Waals surface area contributed by atoms with Crippen LogP contribution >= 0.6 is 11.3 Å². The van der Waals surface area contributed by atoms with E-state index in [1.807, 2.05) is 59.2 Å². The van der Waals surface area contributed by atoms with Crippen LogP contribution in [0.2, 0.25) is 0 Å². The van der Waals surface area contributed by atoms with Gasteiger partial charge in [-0.1, -0.05) is 30.3 Å². The molecule has 0 saturated carbocycles. The highest BCUT2D eigenvalue weighted by molar-refractivity contribution is 7.09. The van der Waals surface area contributed by atoms with E-state index >= 15 is 0 Å². The van der Waals surface area contributed by atoms with Crippen LogP contribution in [-0.4, -0.2) is 38.4 Å². The number of rotatable bonds is 6. The number of aromatic nitrogens is 3. The molecule has 1 aliphatic rings. The zero-order valence-electron chi connectivity index (χ0n) is 19.6. The first kappa shape index (κ1) is 22.5. The van der Waals surface area contributed by atoms with Gasteiger partial charge in [-0.05, 0) is 49.6 Å². The van der Waals surface area contributed by atoms with Gasteiger partial charge in [0.05, 0.1) is 6.33 Å². The second-order valence-corrected chi connectivity index (χ2v) is 9.79. The lowest BCUT2D eigenvalue weighted by Crippen LogP contribution is -2.55. The second kappa shape index (κ2) is 9.52. The smallest absolute Gasteiger partial charge is 0.224 e. The zero-order valence-corrected chi connectivity index (χ0v) is 20.4. The Morgan fingerprint density at radius 2 is 1.82 bits per heavy atom. The molecule has 0 aliphatic carbocycles.